The Morgan fingerprint density at radius 1 is 1.22 bits per heavy atom. The maximum atomic E-state index is 12.8. The van der Waals surface area contributed by atoms with Gasteiger partial charge in [-0.25, -0.2) is 4.39 Å². The Morgan fingerprint density at radius 3 is 2.61 bits per heavy atom. The molecule has 2 N–H and O–H groups in total. The van der Waals surface area contributed by atoms with Gasteiger partial charge in [-0.2, -0.15) is 0 Å². The molecular formula is C17H25FN4O. The summed E-state index contributed by atoms with van der Waals surface area (Å²) in [6.45, 7) is 7.08. The van der Waals surface area contributed by atoms with Gasteiger partial charge in [0.15, 0.2) is 0 Å². The van der Waals surface area contributed by atoms with E-state index in [1.807, 2.05) is 0 Å². The number of amides is 1. The number of hydrogen-bond acceptors (Lipinski definition) is 4. The summed E-state index contributed by atoms with van der Waals surface area (Å²) in [6.07, 6.45) is 1.23. The molecule has 1 unspecified atom stereocenters. The lowest BCUT2D eigenvalue weighted by molar-refractivity contribution is -0.122. The van der Waals surface area contributed by atoms with Gasteiger partial charge in [-0.1, -0.05) is 12.1 Å². The minimum Gasteiger partial charge on any atom is -0.351 e. The molecule has 2 saturated heterocycles. The number of carbonyl (C=O) groups is 1. The number of carbonyl (C=O) groups excluding carboxylic acids is 1. The van der Waals surface area contributed by atoms with E-state index >= 15 is 0 Å². The van der Waals surface area contributed by atoms with E-state index in [2.05, 4.69) is 20.4 Å². The first-order valence-electron chi connectivity index (χ1n) is 8.39. The van der Waals surface area contributed by atoms with E-state index in [-0.39, 0.29) is 11.7 Å². The highest BCUT2D eigenvalue weighted by molar-refractivity contribution is 5.78. The zero-order valence-electron chi connectivity index (χ0n) is 13.4. The Labute approximate surface area is 136 Å². The Morgan fingerprint density at radius 2 is 1.96 bits per heavy atom. The van der Waals surface area contributed by atoms with Crippen molar-refractivity contribution in [3.8, 4) is 0 Å². The lowest BCUT2D eigenvalue weighted by atomic mass is 10.2. The van der Waals surface area contributed by atoms with Gasteiger partial charge in [0.1, 0.15) is 5.82 Å². The quantitative estimate of drug-likeness (QED) is 0.826. The molecule has 2 aliphatic rings. The third-order valence-electron chi connectivity index (χ3n) is 4.73. The number of nitrogens with zero attached hydrogens (tertiary/aromatic N) is 2. The van der Waals surface area contributed by atoms with Crippen LogP contribution < -0.4 is 10.6 Å². The van der Waals surface area contributed by atoms with Crippen LogP contribution in [0.4, 0.5) is 4.39 Å². The summed E-state index contributed by atoms with van der Waals surface area (Å²) >= 11 is 0. The molecule has 0 radical (unpaired) electrons. The van der Waals surface area contributed by atoms with E-state index in [0.29, 0.717) is 19.1 Å². The standard InChI is InChI=1S/C17H25FN4O/c18-15-3-1-14(2-4-15)11-20-17(23)13-21-7-9-22(10-8-21)16-5-6-19-12-16/h1-4,16,19H,5-13H2,(H,20,23). The fourth-order valence-electron chi connectivity index (χ4n) is 3.30. The van der Waals surface area contributed by atoms with E-state index in [9.17, 15) is 9.18 Å². The first-order chi connectivity index (χ1) is 11.2. The lowest BCUT2D eigenvalue weighted by Gasteiger charge is -2.37. The summed E-state index contributed by atoms with van der Waals surface area (Å²) in [5.41, 5.74) is 0.915. The summed E-state index contributed by atoms with van der Waals surface area (Å²) in [7, 11) is 0. The minimum absolute atomic E-state index is 0.0327. The van der Waals surface area contributed by atoms with Gasteiger partial charge < -0.3 is 10.6 Å². The van der Waals surface area contributed by atoms with Crippen LogP contribution in [0.25, 0.3) is 0 Å². The second kappa shape index (κ2) is 7.86. The number of hydrogen-bond donors (Lipinski definition) is 2. The number of rotatable bonds is 5. The molecule has 23 heavy (non-hydrogen) atoms. The molecule has 0 bridgehead atoms. The molecule has 5 nitrogen and oxygen atoms in total. The lowest BCUT2D eigenvalue weighted by Crippen LogP contribution is -2.52. The van der Waals surface area contributed by atoms with Gasteiger partial charge in [0.2, 0.25) is 5.91 Å². The molecule has 2 aliphatic heterocycles. The Kier molecular flexibility index (Phi) is 5.59. The van der Waals surface area contributed by atoms with Crippen molar-refractivity contribution in [3.05, 3.63) is 35.6 Å². The van der Waals surface area contributed by atoms with E-state index in [1.54, 1.807) is 12.1 Å². The van der Waals surface area contributed by atoms with Crippen molar-refractivity contribution in [2.75, 3.05) is 45.8 Å². The second-order valence-corrected chi connectivity index (χ2v) is 6.36. The molecule has 0 saturated carbocycles. The van der Waals surface area contributed by atoms with Crippen molar-refractivity contribution in [2.24, 2.45) is 0 Å². The summed E-state index contributed by atoms with van der Waals surface area (Å²) in [4.78, 5) is 16.8. The smallest absolute Gasteiger partial charge is 0.234 e. The summed E-state index contributed by atoms with van der Waals surface area (Å²) in [6, 6.07) is 6.90. The van der Waals surface area contributed by atoms with E-state index < -0.39 is 0 Å². The molecule has 0 aromatic heterocycles. The molecule has 6 heteroatoms. The average molecular weight is 320 g/mol. The van der Waals surface area contributed by atoms with Gasteiger partial charge >= 0.3 is 0 Å². The monoisotopic (exact) mass is 320 g/mol. The first kappa shape index (κ1) is 16.4. The maximum Gasteiger partial charge on any atom is 0.234 e. The van der Waals surface area contributed by atoms with Crippen molar-refractivity contribution < 1.29 is 9.18 Å². The largest absolute Gasteiger partial charge is 0.351 e. The first-order valence-corrected chi connectivity index (χ1v) is 8.39. The maximum absolute atomic E-state index is 12.8. The van der Waals surface area contributed by atoms with Crippen LogP contribution >= 0.6 is 0 Å². The summed E-state index contributed by atoms with van der Waals surface area (Å²) in [5, 5.41) is 6.31. The van der Waals surface area contributed by atoms with Crippen molar-refractivity contribution in [2.45, 2.75) is 19.0 Å². The van der Waals surface area contributed by atoms with Crippen LogP contribution in [-0.2, 0) is 11.3 Å². The number of piperazine rings is 1. The molecule has 1 aromatic rings. The highest BCUT2D eigenvalue weighted by Gasteiger charge is 2.26. The van der Waals surface area contributed by atoms with E-state index in [4.69, 9.17) is 0 Å². The van der Waals surface area contributed by atoms with Crippen LogP contribution in [-0.4, -0.2) is 67.6 Å². The van der Waals surface area contributed by atoms with Crippen LogP contribution in [0.3, 0.4) is 0 Å². The Hall–Kier alpha value is -1.50. The highest BCUT2D eigenvalue weighted by Crippen LogP contribution is 2.11. The zero-order valence-corrected chi connectivity index (χ0v) is 13.4. The molecule has 2 fully saturated rings. The van der Waals surface area contributed by atoms with E-state index in [1.165, 1.54) is 18.6 Å². The number of benzene rings is 1. The molecular weight excluding hydrogens is 295 g/mol. The van der Waals surface area contributed by atoms with Crippen molar-refractivity contribution in [1.82, 2.24) is 20.4 Å². The van der Waals surface area contributed by atoms with Crippen LogP contribution in [0.15, 0.2) is 24.3 Å². The van der Waals surface area contributed by atoms with Crippen molar-refractivity contribution in [1.29, 1.82) is 0 Å². The van der Waals surface area contributed by atoms with E-state index in [0.717, 1.165) is 44.8 Å². The average Bonchev–Trinajstić information content (AvgIpc) is 3.09. The summed E-state index contributed by atoms with van der Waals surface area (Å²) in [5.74, 6) is -0.222. The predicted molar refractivity (Wildman–Crippen MR) is 87.5 cm³/mol. The SMILES string of the molecule is O=C(CN1CCN(C2CCNC2)CC1)NCc1ccc(F)cc1. The fraction of sp³-hybridized carbons (Fsp3) is 0.588. The zero-order chi connectivity index (χ0) is 16.1. The Balaban J connectivity index is 1.36. The number of nitrogens with one attached hydrogen (secondary N) is 2. The molecule has 1 atom stereocenters. The molecule has 3 rings (SSSR count). The predicted octanol–water partition coefficient (Wildman–Crippen LogP) is 0.421. The summed E-state index contributed by atoms with van der Waals surface area (Å²) < 4.78 is 12.8. The van der Waals surface area contributed by atoms with Crippen molar-refractivity contribution >= 4 is 5.91 Å². The Bertz CT molecular complexity index is 508. The molecule has 2 heterocycles. The molecule has 0 spiro atoms. The molecule has 0 aliphatic carbocycles. The fourth-order valence-corrected chi connectivity index (χ4v) is 3.30. The third kappa shape index (κ3) is 4.73. The topological polar surface area (TPSA) is 47.6 Å². The van der Waals surface area contributed by atoms with Crippen LogP contribution in [0.5, 0.6) is 0 Å². The second-order valence-electron chi connectivity index (χ2n) is 6.36. The third-order valence-corrected chi connectivity index (χ3v) is 4.73. The highest BCUT2D eigenvalue weighted by atomic mass is 19.1. The molecule has 1 aromatic carbocycles. The molecule has 1 amide bonds. The molecule has 126 valence electrons. The van der Waals surface area contributed by atoms with Crippen LogP contribution in [0, 0.1) is 5.82 Å². The van der Waals surface area contributed by atoms with Gasteiger partial charge in [-0.3, -0.25) is 14.6 Å². The van der Waals surface area contributed by atoms with Crippen LogP contribution in [0.1, 0.15) is 12.0 Å². The number of halogens is 1. The van der Waals surface area contributed by atoms with Gasteiger partial charge in [-0.05, 0) is 30.7 Å². The van der Waals surface area contributed by atoms with Gasteiger partial charge in [0.05, 0.1) is 6.54 Å². The van der Waals surface area contributed by atoms with Crippen LogP contribution in [0.2, 0.25) is 0 Å². The minimum atomic E-state index is -0.254. The van der Waals surface area contributed by atoms with Gasteiger partial charge in [0, 0.05) is 45.3 Å². The van der Waals surface area contributed by atoms with Gasteiger partial charge in [-0.15, -0.1) is 0 Å². The normalized spacial score (nSPS) is 23.1. The van der Waals surface area contributed by atoms with Crippen molar-refractivity contribution in [3.63, 3.8) is 0 Å². The van der Waals surface area contributed by atoms with Gasteiger partial charge in [0.25, 0.3) is 0 Å².